The van der Waals surface area contributed by atoms with E-state index in [-0.39, 0.29) is 38.1 Å². The Morgan fingerprint density at radius 2 is 2.00 bits per heavy atom. The Balaban J connectivity index is 0.000001000. The summed E-state index contributed by atoms with van der Waals surface area (Å²) in [6.07, 6.45) is 2.11. The number of hydrogen-bond donors (Lipinski definition) is 0. The molecule has 0 unspecified atom stereocenters. The summed E-state index contributed by atoms with van der Waals surface area (Å²) in [6, 6.07) is 0. The largest absolute Gasteiger partial charge is 0.670 e. The molecular formula is C8H15N2Y-. The van der Waals surface area contributed by atoms with Crippen LogP contribution in [0.4, 0.5) is 0 Å². The fourth-order valence-corrected chi connectivity index (χ4v) is 0.909. The molecule has 0 atom stereocenters. The first-order valence-electron chi connectivity index (χ1n) is 3.60. The van der Waals surface area contributed by atoms with Gasteiger partial charge in [0.2, 0.25) is 0 Å². The Bertz CT molecular complexity index is 158. The normalized spacial score (nSPS) is 17.1. The molecule has 2 nitrogen and oxygen atoms in total. The molecule has 1 rings (SSSR count). The van der Waals surface area contributed by atoms with Crippen molar-refractivity contribution in [3.05, 3.63) is 17.2 Å². The van der Waals surface area contributed by atoms with Gasteiger partial charge in [0.15, 0.2) is 0 Å². The van der Waals surface area contributed by atoms with E-state index in [1.807, 2.05) is 7.05 Å². The fourth-order valence-electron chi connectivity index (χ4n) is 0.909. The molecule has 0 aliphatic carbocycles. The smallest absolute Gasteiger partial charge is 0.00407 e. The SMILES string of the molecule is CN1C=C(C(C)(C)C)[N-]C1.[Y]. The van der Waals surface area contributed by atoms with Crippen LogP contribution < -0.4 is 0 Å². The van der Waals surface area contributed by atoms with Gasteiger partial charge in [-0.15, -0.1) is 5.70 Å². The maximum Gasteiger partial charge on any atom is 0.00407 e. The summed E-state index contributed by atoms with van der Waals surface area (Å²) in [7, 11) is 2.04. The van der Waals surface area contributed by atoms with Gasteiger partial charge < -0.3 is 10.2 Å². The second-order valence-corrected chi connectivity index (χ2v) is 3.82. The van der Waals surface area contributed by atoms with E-state index in [1.165, 1.54) is 5.70 Å². The zero-order chi connectivity index (χ0) is 7.78. The fraction of sp³-hybridized carbons (Fsp3) is 0.750. The third-order valence-corrected chi connectivity index (χ3v) is 1.58. The van der Waals surface area contributed by atoms with Crippen molar-refractivity contribution in [1.29, 1.82) is 0 Å². The standard InChI is InChI=1S/C8H15N2.Y/c1-8(2,3)7-5-10(4)6-9-7;/h5H,6H2,1-4H3;/q-1;. The van der Waals surface area contributed by atoms with Gasteiger partial charge in [0.1, 0.15) is 0 Å². The van der Waals surface area contributed by atoms with Gasteiger partial charge in [-0.2, -0.15) is 0 Å². The monoisotopic (exact) mass is 228 g/mol. The molecule has 0 aromatic rings. The summed E-state index contributed by atoms with van der Waals surface area (Å²) in [5.74, 6) is 0. The molecule has 61 valence electrons. The second kappa shape index (κ2) is 3.91. The van der Waals surface area contributed by atoms with Gasteiger partial charge in [-0.1, -0.05) is 27.4 Å². The zero-order valence-electron chi connectivity index (χ0n) is 7.76. The molecule has 0 spiro atoms. The Labute approximate surface area is 94.3 Å². The van der Waals surface area contributed by atoms with Crippen molar-refractivity contribution in [2.24, 2.45) is 5.41 Å². The molecule has 1 heterocycles. The molecule has 0 N–H and O–H groups in total. The van der Waals surface area contributed by atoms with E-state index in [1.54, 1.807) is 0 Å². The first-order chi connectivity index (χ1) is 4.50. The molecule has 11 heavy (non-hydrogen) atoms. The van der Waals surface area contributed by atoms with Gasteiger partial charge in [-0.05, 0) is 11.6 Å². The third-order valence-electron chi connectivity index (χ3n) is 1.58. The maximum absolute atomic E-state index is 4.38. The van der Waals surface area contributed by atoms with Gasteiger partial charge in [-0.3, -0.25) is 0 Å². The van der Waals surface area contributed by atoms with Crippen molar-refractivity contribution in [3.8, 4) is 0 Å². The zero-order valence-corrected chi connectivity index (χ0v) is 10.6. The molecule has 0 saturated heterocycles. The Kier molecular flexibility index (Phi) is 4.06. The molecule has 0 saturated carbocycles. The molecule has 3 heteroatoms. The van der Waals surface area contributed by atoms with Crippen molar-refractivity contribution in [2.75, 3.05) is 13.7 Å². The molecule has 1 aliphatic heterocycles. The molecule has 0 bridgehead atoms. The van der Waals surface area contributed by atoms with Crippen LogP contribution in [0, 0.1) is 5.41 Å². The minimum Gasteiger partial charge on any atom is -0.670 e. The summed E-state index contributed by atoms with van der Waals surface area (Å²) < 4.78 is 0. The van der Waals surface area contributed by atoms with Crippen molar-refractivity contribution in [3.63, 3.8) is 0 Å². The third kappa shape index (κ3) is 3.12. The van der Waals surface area contributed by atoms with E-state index >= 15 is 0 Å². The predicted molar refractivity (Wildman–Crippen MR) is 43.5 cm³/mol. The van der Waals surface area contributed by atoms with Crippen molar-refractivity contribution in [2.45, 2.75) is 20.8 Å². The van der Waals surface area contributed by atoms with E-state index in [4.69, 9.17) is 0 Å². The predicted octanol–water partition coefficient (Wildman–Crippen LogP) is 2.15. The first kappa shape index (κ1) is 11.4. The van der Waals surface area contributed by atoms with Gasteiger partial charge in [-0.25, -0.2) is 0 Å². The molecule has 1 radical (unpaired) electrons. The summed E-state index contributed by atoms with van der Waals surface area (Å²) >= 11 is 0. The van der Waals surface area contributed by atoms with Crippen LogP contribution in [0.15, 0.2) is 11.9 Å². The summed E-state index contributed by atoms with van der Waals surface area (Å²) in [5.41, 5.74) is 1.42. The maximum atomic E-state index is 4.38. The summed E-state index contributed by atoms with van der Waals surface area (Å²) in [6.45, 7) is 7.37. The molecule has 0 aromatic heterocycles. The van der Waals surface area contributed by atoms with Crippen LogP contribution in [-0.4, -0.2) is 18.6 Å². The van der Waals surface area contributed by atoms with Gasteiger partial charge in [0.25, 0.3) is 0 Å². The number of nitrogens with zero attached hydrogens (tertiary/aromatic N) is 2. The van der Waals surface area contributed by atoms with Crippen LogP contribution in [0.2, 0.25) is 0 Å². The van der Waals surface area contributed by atoms with E-state index < -0.39 is 0 Å². The summed E-state index contributed by atoms with van der Waals surface area (Å²) in [4.78, 5) is 2.10. The number of hydrogen-bond acceptors (Lipinski definition) is 1. The molecule has 1 aliphatic rings. The Morgan fingerprint density at radius 3 is 2.18 bits per heavy atom. The minimum absolute atomic E-state index is 0. The van der Waals surface area contributed by atoms with Gasteiger partial charge in [0, 0.05) is 39.8 Å². The van der Waals surface area contributed by atoms with E-state index in [0.29, 0.717) is 0 Å². The van der Waals surface area contributed by atoms with Crippen LogP contribution in [0.25, 0.3) is 5.32 Å². The molecule has 0 amide bonds. The summed E-state index contributed by atoms with van der Waals surface area (Å²) in [5, 5.41) is 4.38. The second-order valence-electron chi connectivity index (χ2n) is 3.82. The van der Waals surface area contributed by atoms with Crippen LogP contribution in [0.1, 0.15) is 20.8 Å². The Morgan fingerprint density at radius 1 is 1.45 bits per heavy atom. The van der Waals surface area contributed by atoms with E-state index in [9.17, 15) is 0 Å². The van der Waals surface area contributed by atoms with Gasteiger partial charge in [0.05, 0.1) is 0 Å². The van der Waals surface area contributed by atoms with Crippen LogP contribution in [0.5, 0.6) is 0 Å². The van der Waals surface area contributed by atoms with E-state index in [2.05, 4.69) is 37.2 Å². The number of rotatable bonds is 0. The van der Waals surface area contributed by atoms with Crippen molar-refractivity contribution < 1.29 is 32.7 Å². The van der Waals surface area contributed by atoms with Crippen LogP contribution in [-0.2, 0) is 32.7 Å². The average Bonchev–Trinajstić information content (AvgIpc) is 2.11. The van der Waals surface area contributed by atoms with Crippen molar-refractivity contribution >= 4 is 0 Å². The van der Waals surface area contributed by atoms with E-state index in [0.717, 1.165) is 6.67 Å². The quantitative estimate of drug-likeness (QED) is 0.621. The molecule has 0 aromatic carbocycles. The van der Waals surface area contributed by atoms with Crippen molar-refractivity contribution in [1.82, 2.24) is 4.90 Å². The average molecular weight is 228 g/mol. The number of allylic oxidation sites excluding steroid dienone is 1. The Hall–Kier alpha value is 0.444. The first-order valence-corrected chi connectivity index (χ1v) is 3.60. The topological polar surface area (TPSA) is 17.3 Å². The van der Waals surface area contributed by atoms with Gasteiger partial charge >= 0.3 is 0 Å². The molecular weight excluding hydrogens is 213 g/mol. The molecule has 0 fully saturated rings. The van der Waals surface area contributed by atoms with Crippen LogP contribution >= 0.6 is 0 Å². The van der Waals surface area contributed by atoms with Crippen LogP contribution in [0.3, 0.4) is 0 Å². The minimum atomic E-state index is 0.